The molecule has 4 heavy (non-hydrogen) atoms. The van der Waals surface area contributed by atoms with Gasteiger partial charge in [0.25, 0.3) is 0 Å². The molecular weight excluding hydrogens is 154 g/mol. The van der Waals surface area contributed by atoms with Gasteiger partial charge < -0.3 is 0 Å². The van der Waals surface area contributed by atoms with Crippen molar-refractivity contribution in [2.75, 3.05) is 0 Å². The van der Waals surface area contributed by atoms with Crippen molar-refractivity contribution in [2.24, 2.45) is 0 Å². The van der Waals surface area contributed by atoms with Gasteiger partial charge in [-0.05, 0) is 0 Å². The molecule has 0 saturated carbocycles. The molecule has 1 unspecified atom stereocenters. The van der Waals surface area contributed by atoms with E-state index in [9.17, 15) is 0 Å². The van der Waals surface area contributed by atoms with Crippen LogP contribution < -0.4 is 0 Å². The van der Waals surface area contributed by atoms with E-state index in [0.29, 0.717) is 0 Å². The average Bonchev–Trinajstić information content (AvgIpc) is 0. The van der Waals surface area contributed by atoms with Gasteiger partial charge in [-0.25, -0.2) is 0 Å². The third kappa shape index (κ3) is 9.80. The minimum Gasteiger partial charge on any atom is -0.153 e. The molecule has 0 amide bonds. The van der Waals surface area contributed by atoms with Crippen LogP contribution in [0.2, 0.25) is 0 Å². The summed E-state index contributed by atoms with van der Waals surface area (Å²) in [5.41, 5.74) is 0. The Kier molecular flexibility index (Phi) is 315. The van der Waals surface area contributed by atoms with Crippen molar-refractivity contribution in [3.05, 3.63) is 0 Å². The van der Waals surface area contributed by atoms with Crippen LogP contribution in [0.1, 0.15) is 7.43 Å². The number of hydrogen-bond donors (Lipinski definition) is 0. The van der Waals surface area contributed by atoms with Crippen LogP contribution in [0.4, 0.5) is 0 Å². The number of hydrogen-bond acceptors (Lipinski definition) is 0. The second-order valence-corrected chi connectivity index (χ2v) is 0. The van der Waals surface area contributed by atoms with Crippen molar-refractivity contribution in [3.8, 4) is 0 Å². The summed E-state index contributed by atoms with van der Waals surface area (Å²) < 4.78 is 0. The third-order valence-electron chi connectivity index (χ3n) is 0. The van der Waals surface area contributed by atoms with Gasteiger partial charge in [-0.1, -0.05) is 7.43 Å². The molecule has 0 N–H and O–H groups in total. The van der Waals surface area contributed by atoms with E-state index in [1.165, 1.54) is 0 Å². The molecule has 1 atom stereocenters. The summed E-state index contributed by atoms with van der Waals surface area (Å²) in [5, 5.41) is 0. The molecule has 0 fully saturated rings. The molecule has 1 radical (unpaired) electrons. The van der Waals surface area contributed by atoms with E-state index in [-0.39, 0.29) is 51.5 Å². The predicted octanol–water partition coefficient (Wildman–Crippen LogP) is 0.689. The smallest absolute Gasteiger partial charge is 0 e. The van der Waals surface area contributed by atoms with Gasteiger partial charge in [-0.2, -0.15) is 9.90 Å². The molecule has 0 aromatic heterocycles. The summed E-state index contributed by atoms with van der Waals surface area (Å²) in [4.78, 5) is 0. The van der Waals surface area contributed by atoms with E-state index in [0.717, 1.165) is 0 Å². The molecule has 0 nitrogen and oxygen atoms in total. The van der Waals surface area contributed by atoms with E-state index in [1.807, 2.05) is 0 Å². The molecule has 0 aliphatic rings. The minimum absolute atomic E-state index is 0. The SMILES string of the molecule is C.P.[Fe].[Mn]. The fourth-order valence-corrected chi connectivity index (χ4v) is 0. The van der Waals surface area contributed by atoms with Gasteiger partial charge in [-0.3, -0.25) is 0 Å². The van der Waals surface area contributed by atoms with Crippen LogP contribution in [0.25, 0.3) is 0 Å². The summed E-state index contributed by atoms with van der Waals surface area (Å²) in [5.74, 6) is 0. The Bertz CT molecular complexity index is 8.00. The molecule has 0 aromatic rings. The Balaban J connectivity index is 0. The van der Waals surface area contributed by atoms with E-state index in [4.69, 9.17) is 0 Å². The second-order valence-electron chi connectivity index (χ2n) is 0. The Morgan fingerprint density at radius 3 is 1.00 bits per heavy atom. The van der Waals surface area contributed by atoms with Crippen LogP contribution in [0.3, 0.4) is 0 Å². The molecular formula is CH7FeMnP. The zero-order chi connectivity index (χ0) is 0. The molecule has 3 heteroatoms. The molecule has 0 rings (SSSR count). The van der Waals surface area contributed by atoms with Gasteiger partial charge in [0.05, 0.1) is 0 Å². The van der Waals surface area contributed by atoms with Crippen LogP contribution in [0.5, 0.6) is 0 Å². The Labute approximate surface area is 51.7 Å². The normalized spacial score (nSPS) is 0. The van der Waals surface area contributed by atoms with Crippen LogP contribution in [-0.2, 0) is 34.1 Å². The molecule has 0 spiro atoms. The van der Waals surface area contributed by atoms with Crippen LogP contribution in [0, 0.1) is 0 Å². The maximum atomic E-state index is 0. The molecule has 0 aliphatic heterocycles. The maximum absolute atomic E-state index is 0. The van der Waals surface area contributed by atoms with Crippen LogP contribution in [0.15, 0.2) is 0 Å². The first-order valence-corrected chi connectivity index (χ1v) is 0. The van der Waals surface area contributed by atoms with E-state index >= 15 is 0 Å². The van der Waals surface area contributed by atoms with Crippen molar-refractivity contribution in [3.63, 3.8) is 0 Å². The van der Waals surface area contributed by atoms with Crippen molar-refractivity contribution < 1.29 is 34.1 Å². The van der Waals surface area contributed by atoms with Gasteiger partial charge in [-0.15, -0.1) is 0 Å². The van der Waals surface area contributed by atoms with Gasteiger partial charge in [0.15, 0.2) is 0 Å². The Hall–Kier alpha value is 1.47. The summed E-state index contributed by atoms with van der Waals surface area (Å²) >= 11 is 0. The summed E-state index contributed by atoms with van der Waals surface area (Å²) in [6, 6.07) is 0. The van der Waals surface area contributed by atoms with Gasteiger partial charge in [0, 0.05) is 34.1 Å². The molecule has 0 saturated heterocycles. The summed E-state index contributed by atoms with van der Waals surface area (Å²) in [6.45, 7) is 0. The predicted molar refractivity (Wildman–Crippen MR) is 17.8 cm³/mol. The zero-order valence-corrected chi connectivity index (χ0v) is 5.14. The van der Waals surface area contributed by atoms with E-state index in [1.54, 1.807) is 0 Å². The molecule has 31 valence electrons. The fraction of sp³-hybridized carbons (Fsp3) is 1.00. The molecule has 0 aromatic carbocycles. The topological polar surface area (TPSA) is 0 Å². The van der Waals surface area contributed by atoms with Crippen molar-refractivity contribution in [1.82, 2.24) is 0 Å². The van der Waals surface area contributed by atoms with Gasteiger partial charge in [0.1, 0.15) is 0 Å². The van der Waals surface area contributed by atoms with Crippen molar-refractivity contribution in [2.45, 2.75) is 7.43 Å². The Morgan fingerprint density at radius 1 is 1.00 bits per heavy atom. The van der Waals surface area contributed by atoms with Gasteiger partial charge >= 0.3 is 0 Å². The summed E-state index contributed by atoms with van der Waals surface area (Å²) in [7, 11) is 0. The van der Waals surface area contributed by atoms with Crippen LogP contribution in [-0.4, -0.2) is 0 Å². The van der Waals surface area contributed by atoms with Crippen molar-refractivity contribution in [1.29, 1.82) is 0 Å². The third-order valence-corrected chi connectivity index (χ3v) is 0. The summed E-state index contributed by atoms with van der Waals surface area (Å²) in [6.07, 6.45) is 0. The van der Waals surface area contributed by atoms with Crippen LogP contribution >= 0.6 is 9.90 Å². The first-order valence-electron chi connectivity index (χ1n) is 0. The second kappa shape index (κ2) is 24.9. The maximum Gasteiger partial charge on any atom is 0 e. The van der Waals surface area contributed by atoms with E-state index < -0.39 is 0 Å². The zero-order valence-electron chi connectivity index (χ0n) is 1.44. The minimum atomic E-state index is 0. The first-order chi connectivity index (χ1) is 0. The largest absolute Gasteiger partial charge is 0.153 e. The number of rotatable bonds is 0. The molecule has 0 bridgehead atoms. The first kappa shape index (κ1) is 50.6. The Morgan fingerprint density at radius 2 is 1.00 bits per heavy atom. The standard InChI is InChI=1S/CH4.Fe.Mn.H3P/h1H4;;;1H3. The van der Waals surface area contributed by atoms with Gasteiger partial charge in [0.2, 0.25) is 0 Å². The molecule has 0 aliphatic carbocycles. The fourth-order valence-electron chi connectivity index (χ4n) is 0. The quantitative estimate of drug-likeness (QED) is 0.362. The molecule has 0 heterocycles. The monoisotopic (exact) mass is 161 g/mol. The van der Waals surface area contributed by atoms with Crippen molar-refractivity contribution >= 4 is 9.90 Å². The average molecular weight is 161 g/mol. The van der Waals surface area contributed by atoms with E-state index in [2.05, 4.69) is 0 Å².